The maximum absolute atomic E-state index is 11.5. The Hall–Kier alpha value is -4.98. The number of anilines is 1. The highest BCUT2D eigenvalue weighted by molar-refractivity contribution is 7.22. The van der Waals surface area contributed by atoms with Gasteiger partial charge in [-0.3, -0.25) is 14.9 Å². The average Bonchev–Trinajstić information content (AvgIpc) is 3.70. The molecule has 1 N–H and O–H groups in total. The van der Waals surface area contributed by atoms with E-state index in [1.54, 1.807) is 17.4 Å². The second kappa shape index (κ2) is 10.6. The van der Waals surface area contributed by atoms with Gasteiger partial charge in [0, 0.05) is 28.4 Å². The third-order valence-electron chi connectivity index (χ3n) is 6.40. The molecule has 4 aromatic carbocycles. The molecular formula is C30H19N5O3S2. The van der Waals surface area contributed by atoms with Crippen LogP contribution in [0, 0.1) is 21.4 Å². The molecular weight excluding hydrogens is 542 g/mol. The van der Waals surface area contributed by atoms with Crippen molar-refractivity contribution in [1.82, 2.24) is 9.97 Å². The molecule has 8 nitrogen and oxygen atoms in total. The zero-order chi connectivity index (χ0) is 27.6. The van der Waals surface area contributed by atoms with Crippen LogP contribution in [0.2, 0.25) is 0 Å². The Balaban J connectivity index is 0.000000145. The van der Waals surface area contributed by atoms with E-state index >= 15 is 0 Å². The van der Waals surface area contributed by atoms with Gasteiger partial charge in [0.1, 0.15) is 10.0 Å². The van der Waals surface area contributed by atoms with Gasteiger partial charge in [-0.25, -0.2) is 9.97 Å². The Labute approximate surface area is 236 Å². The van der Waals surface area contributed by atoms with Gasteiger partial charge >= 0.3 is 0 Å². The summed E-state index contributed by atoms with van der Waals surface area (Å²) in [4.78, 5) is 31.3. The maximum atomic E-state index is 11.5. The topological polar surface area (TPSA) is 122 Å². The highest BCUT2D eigenvalue weighted by atomic mass is 32.1. The van der Waals surface area contributed by atoms with Gasteiger partial charge in [0.2, 0.25) is 5.91 Å². The lowest BCUT2D eigenvalue weighted by atomic mass is 10.1. The first-order chi connectivity index (χ1) is 19.5. The summed E-state index contributed by atoms with van der Waals surface area (Å²) >= 11 is 3.04. The number of benzene rings is 4. The lowest BCUT2D eigenvalue weighted by Crippen LogP contribution is -2.03. The summed E-state index contributed by atoms with van der Waals surface area (Å²) in [6.45, 7) is 0. The molecule has 10 heteroatoms. The molecule has 0 saturated carbocycles. The van der Waals surface area contributed by atoms with E-state index in [-0.39, 0.29) is 18.0 Å². The predicted molar refractivity (Wildman–Crippen MR) is 158 cm³/mol. The summed E-state index contributed by atoms with van der Waals surface area (Å²) < 4.78 is 1.83. The van der Waals surface area contributed by atoms with E-state index in [4.69, 9.17) is 5.26 Å². The van der Waals surface area contributed by atoms with Gasteiger partial charge < -0.3 is 5.32 Å². The number of nitriles is 1. The average molecular weight is 562 g/mol. The quantitative estimate of drug-likeness (QED) is 0.177. The number of aromatic nitrogens is 2. The van der Waals surface area contributed by atoms with Crippen LogP contribution in [-0.2, 0) is 17.6 Å². The lowest BCUT2D eigenvalue weighted by molar-refractivity contribution is -0.385. The van der Waals surface area contributed by atoms with Crippen LogP contribution in [-0.4, -0.2) is 20.8 Å². The Morgan fingerprint density at radius 2 is 1.43 bits per heavy atom. The van der Waals surface area contributed by atoms with E-state index in [1.165, 1.54) is 17.4 Å². The van der Waals surface area contributed by atoms with Gasteiger partial charge in [-0.15, -0.1) is 22.7 Å². The number of rotatable bonds is 4. The number of carbonyl (C=O) groups excluding carboxylic acids is 1. The van der Waals surface area contributed by atoms with Crippen LogP contribution < -0.4 is 5.32 Å². The van der Waals surface area contributed by atoms with E-state index in [0.29, 0.717) is 22.2 Å². The maximum Gasteiger partial charge on any atom is 0.275 e. The van der Waals surface area contributed by atoms with Crippen LogP contribution in [0.15, 0.2) is 84.9 Å². The zero-order valence-electron chi connectivity index (χ0n) is 20.8. The zero-order valence-corrected chi connectivity index (χ0v) is 22.5. The molecule has 0 bridgehead atoms. The summed E-state index contributed by atoms with van der Waals surface area (Å²) in [6, 6.07) is 28.7. The number of fused-ring (bicyclic) bond motifs is 4. The molecule has 1 amide bonds. The van der Waals surface area contributed by atoms with E-state index in [0.717, 1.165) is 42.6 Å². The molecule has 0 radical (unpaired) electrons. The van der Waals surface area contributed by atoms with Gasteiger partial charge in [-0.1, -0.05) is 60.7 Å². The minimum absolute atomic E-state index is 0.00404. The third-order valence-corrected chi connectivity index (χ3v) is 8.76. The molecule has 2 aromatic heterocycles. The second-order valence-electron chi connectivity index (χ2n) is 8.94. The molecule has 1 aliphatic rings. The molecule has 7 rings (SSSR count). The van der Waals surface area contributed by atoms with Crippen molar-refractivity contribution in [2.75, 3.05) is 5.32 Å². The number of amides is 1. The van der Waals surface area contributed by atoms with Crippen molar-refractivity contribution in [1.29, 1.82) is 5.26 Å². The van der Waals surface area contributed by atoms with Crippen LogP contribution in [0.25, 0.3) is 41.6 Å². The first-order valence-corrected chi connectivity index (χ1v) is 13.9. The Morgan fingerprint density at radius 3 is 2.02 bits per heavy atom. The number of hydrogen-bond acceptors (Lipinski definition) is 8. The van der Waals surface area contributed by atoms with Crippen LogP contribution in [0.3, 0.4) is 0 Å². The Kier molecular flexibility index (Phi) is 6.74. The van der Waals surface area contributed by atoms with Crippen LogP contribution in [0.1, 0.15) is 11.1 Å². The second-order valence-corrected chi connectivity index (χ2v) is 10.9. The van der Waals surface area contributed by atoms with Crippen LogP contribution >= 0.6 is 22.7 Å². The fraction of sp³-hybridized carbons (Fsp3) is 0.0667. The molecule has 0 aliphatic carbocycles. The molecule has 0 atom stereocenters. The van der Waals surface area contributed by atoms with Gasteiger partial charge in [0.05, 0.1) is 49.8 Å². The summed E-state index contributed by atoms with van der Waals surface area (Å²) in [7, 11) is 0. The van der Waals surface area contributed by atoms with Crippen LogP contribution in [0.5, 0.6) is 0 Å². The fourth-order valence-electron chi connectivity index (χ4n) is 4.56. The smallest absolute Gasteiger partial charge is 0.275 e. The van der Waals surface area contributed by atoms with Crippen molar-refractivity contribution in [3.05, 3.63) is 106 Å². The third kappa shape index (κ3) is 4.80. The van der Waals surface area contributed by atoms with Crippen molar-refractivity contribution in [2.24, 2.45) is 0 Å². The van der Waals surface area contributed by atoms with Crippen molar-refractivity contribution in [3.63, 3.8) is 0 Å². The lowest BCUT2D eigenvalue weighted by Gasteiger charge is -1.98. The first kappa shape index (κ1) is 25.3. The molecule has 0 unspecified atom stereocenters. The monoisotopic (exact) mass is 561 g/mol. The van der Waals surface area contributed by atoms with Crippen molar-refractivity contribution < 1.29 is 9.72 Å². The first-order valence-electron chi connectivity index (χ1n) is 12.3. The molecule has 0 spiro atoms. The van der Waals surface area contributed by atoms with E-state index in [2.05, 4.69) is 27.4 Å². The minimum Gasteiger partial charge on any atom is -0.325 e. The van der Waals surface area contributed by atoms with Crippen molar-refractivity contribution in [3.8, 4) is 27.2 Å². The Bertz CT molecular complexity index is 1940. The highest BCUT2D eigenvalue weighted by Gasteiger charge is 2.22. The summed E-state index contributed by atoms with van der Waals surface area (Å²) in [5.41, 5.74) is 6.18. The van der Waals surface area contributed by atoms with E-state index in [1.807, 2.05) is 66.7 Å². The minimum atomic E-state index is -0.450. The SMILES string of the molecule is N#CCc1c([N+](=O)[O-])ccc2nc(-c3ccccc3)sc12.O=C1Cc2c(ccc3nc(-c4ccccc4)sc23)N1. The van der Waals surface area contributed by atoms with E-state index < -0.39 is 4.92 Å². The van der Waals surface area contributed by atoms with Gasteiger partial charge in [0.15, 0.2) is 0 Å². The number of nitro groups is 1. The Morgan fingerprint density at radius 1 is 0.850 bits per heavy atom. The molecule has 3 heterocycles. The molecule has 0 saturated heterocycles. The molecule has 1 aliphatic heterocycles. The largest absolute Gasteiger partial charge is 0.325 e. The van der Waals surface area contributed by atoms with E-state index in [9.17, 15) is 14.9 Å². The number of thiazole rings is 2. The van der Waals surface area contributed by atoms with Crippen molar-refractivity contribution >= 4 is 60.4 Å². The number of carbonyl (C=O) groups is 1. The summed E-state index contributed by atoms with van der Waals surface area (Å²) in [5.74, 6) is 0.0668. The molecule has 194 valence electrons. The predicted octanol–water partition coefficient (Wildman–Crippen LogP) is 7.40. The highest BCUT2D eigenvalue weighted by Crippen LogP contribution is 2.38. The molecule has 6 aromatic rings. The fourth-order valence-corrected chi connectivity index (χ4v) is 6.78. The van der Waals surface area contributed by atoms with Gasteiger partial charge in [-0.2, -0.15) is 5.26 Å². The number of nitro benzene ring substituents is 1. The van der Waals surface area contributed by atoms with Crippen LogP contribution in [0.4, 0.5) is 11.4 Å². The molecule has 0 fully saturated rings. The van der Waals surface area contributed by atoms with Gasteiger partial charge in [-0.05, 0) is 18.2 Å². The van der Waals surface area contributed by atoms with Crippen molar-refractivity contribution in [2.45, 2.75) is 12.8 Å². The normalized spacial score (nSPS) is 11.9. The standard InChI is InChI=1S/C15H9N3O2S.C15H10N2OS/c16-9-8-11-13(18(19)20)7-6-12-14(11)21-15(17-12)10-4-2-1-3-5-10;18-13-8-10-11(16-13)6-7-12-14(10)19-15(17-12)9-4-2-1-3-5-9/h1-7H,8H2;1-7H,8H2,(H,16,18). The number of hydrogen-bond donors (Lipinski definition) is 1. The number of nitrogens with zero attached hydrogens (tertiary/aromatic N) is 4. The number of nitrogens with one attached hydrogen (secondary N) is 1. The summed E-state index contributed by atoms with van der Waals surface area (Å²) in [5, 5.41) is 24.7. The summed E-state index contributed by atoms with van der Waals surface area (Å²) in [6.07, 6.45) is 0.465. The van der Waals surface area contributed by atoms with Gasteiger partial charge in [0.25, 0.3) is 5.69 Å². The molecule has 40 heavy (non-hydrogen) atoms.